The van der Waals surface area contributed by atoms with Crippen molar-refractivity contribution in [1.29, 1.82) is 0 Å². The molecule has 268 valence electrons. The van der Waals surface area contributed by atoms with E-state index in [2.05, 4.69) is 133 Å². The van der Waals surface area contributed by atoms with E-state index in [9.17, 15) is 0 Å². The number of fused-ring (bicyclic) bond motifs is 8. The van der Waals surface area contributed by atoms with Gasteiger partial charge in [0.15, 0.2) is 7.14 Å². The third-order valence-corrected chi connectivity index (χ3v) is 15.5. The van der Waals surface area contributed by atoms with Crippen LogP contribution in [0.1, 0.15) is 0 Å². The normalized spacial score (nSPS) is 11.9. The highest BCUT2D eigenvalue weighted by molar-refractivity contribution is 7.85. The molecule has 57 heavy (non-hydrogen) atoms. The molecule has 0 aliphatic heterocycles. The smallest absolute Gasteiger partial charge is 0.171 e. The Morgan fingerprint density at radius 2 is 0.965 bits per heavy atom. The van der Waals surface area contributed by atoms with Crippen LogP contribution in [0.4, 0.5) is 0 Å². The van der Waals surface area contributed by atoms with Crippen LogP contribution in [-0.4, -0.2) is 4.98 Å². The van der Waals surface area contributed by atoms with Gasteiger partial charge in [0, 0.05) is 42.3 Å². The second-order valence-corrected chi connectivity index (χ2v) is 18.4. The first kappa shape index (κ1) is 33.7. The zero-order valence-corrected chi connectivity index (χ0v) is 32.6. The van der Waals surface area contributed by atoms with E-state index in [1.54, 1.807) is 0 Å². The summed E-state index contributed by atoms with van der Waals surface area (Å²) in [5.74, 6) is 0. The van der Waals surface area contributed by atoms with Gasteiger partial charge in [0.05, 0.1) is 15.9 Å². The minimum Gasteiger partial charge on any atom is -0.309 e. The third kappa shape index (κ3) is 5.54. The predicted octanol–water partition coefficient (Wildman–Crippen LogP) is 13.5. The van der Waals surface area contributed by atoms with Crippen LogP contribution in [0.2, 0.25) is 0 Å². The highest BCUT2D eigenvalue weighted by Gasteiger charge is 2.30. The van der Waals surface area contributed by atoms with Crippen molar-refractivity contribution in [2.75, 3.05) is 0 Å². The van der Waals surface area contributed by atoms with Crippen molar-refractivity contribution >= 4 is 87.0 Å². The van der Waals surface area contributed by atoms with Gasteiger partial charge in [0.2, 0.25) is 0 Å². The monoisotopic (exact) mass is 763 g/mol. The molecule has 0 atom stereocenters. The third-order valence-electron chi connectivity index (χ3n) is 11.3. The lowest BCUT2D eigenvalue weighted by Gasteiger charge is -2.20. The minimum absolute atomic E-state index is 0.818. The second-order valence-electron chi connectivity index (χ2n) is 14.6. The number of nitrogens with zero attached hydrogens (tertiary/aromatic N) is 1. The van der Waals surface area contributed by atoms with E-state index in [1.165, 1.54) is 41.7 Å². The SMILES string of the molecule is O=P(c1ccccc1)(c1ccccc1)c1cccc(-c2cccc(-c3ccc4c(c3)nc(-c3cc5ccccc5c5ccccc35)c3sc5ccccc5c34)c2)c1. The zero-order valence-electron chi connectivity index (χ0n) is 30.8. The predicted molar refractivity (Wildman–Crippen MR) is 245 cm³/mol. The summed E-state index contributed by atoms with van der Waals surface area (Å²) in [6, 6.07) is 71.9. The number of benzene rings is 9. The van der Waals surface area contributed by atoms with Crippen LogP contribution in [0.3, 0.4) is 0 Å². The molecule has 0 saturated carbocycles. The summed E-state index contributed by atoms with van der Waals surface area (Å²) in [6.07, 6.45) is 0. The largest absolute Gasteiger partial charge is 0.309 e. The van der Waals surface area contributed by atoms with Gasteiger partial charge in [0.25, 0.3) is 0 Å². The van der Waals surface area contributed by atoms with Crippen LogP contribution in [0.15, 0.2) is 206 Å². The lowest BCUT2D eigenvalue weighted by molar-refractivity contribution is 0.592. The van der Waals surface area contributed by atoms with Crippen LogP contribution in [-0.2, 0) is 4.57 Å². The fraction of sp³-hybridized carbons (Fsp3) is 0. The van der Waals surface area contributed by atoms with Gasteiger partial charge in [0.1, 0.15) is 0 Å². The van der Waals surface area contributed by atoms with E-state index in [1.807, 2.05) is 84.1 Å². The Balaban J connectivity index is 1.08. The number of pyridine rings is 1. The maximum atomic E-state index is 15.2. The molecule has 4 heteroatoms. The standard InChI is InChI=1S/C53H34NOPS/c55-56(40-19-3-1-4-20-40,41-21-5-2-6-22-41)42-23-14-18-37(32-42)35-16-13-17-36(31-35)38-29-30-46-49(34-38)54-52(53-51(46)47-27-11-12-28-50(47)57-53)48-33-39-15-7-8-24-43(39)44-25-9-10-26-45(44)48/h1-34H. The molecule has 2 aromatic heterocycles. The lowest BCUT2D eigenvalue weighted by Crippen LogP contribution is -2.25. The van der Waals surface area contributed by atoms with Crippen LogP contribution in [0.5, 0.6) is 0 Å². The molecule has 0 bridgehead atoms. The molecule has 0 saturated heterocycles. The summed E-state index contributed by atoms with van der Waals surface area (Å²) in [6.45, 7) is 0. The molecule has 0 N–H and O–H groups in total. The summed E-state index contributed by atoms with van der Waals surface area (Å²) in [7, 11) is -3.12. The molecule has 0 amide bonds. The van der Waals surface area contributed by atoms with Gasteiger partial charge in [-0.3, -0.25) is 0 Å². The van der Waals surface area contributed by atoms with Crippen molar-refractivity contribution in [3.05, 3.63) is 206 Å². The van der Waals surface area contributed by atoms with E-state index in [-0.39, 0.29) is 0 Å². The summed E-state index contributed by atoms with van der Waals surface area (Å²) in [5, 5.41) is 11.0. The Morgan fingerprint density at radius 3 is 1.70 bits per heavy atom. The van der Waals surface area contributed by atoms with Crippen molar-refractivity contribution in [3.63, 3.8) is 0 Å². The Kier molecular flexibility index (Phi) is 8.00. The molecule has 2 nitrogen and oxygen atoms in total. The Bertz CT molecular complexity index is 3350. The zero-order chi connectivity index (χ0) is 37.9. The first-order valence-electron chi connectivity index (χ1n) is 19.2. The second kappa shape index (κ2) is 13.5. The van der Waals surface area contributed by atoms with E-state index < -0.39 is 7.14 Å². The molecule has 2 heterocycles. The van der Waals surface area contributed by atoms with Gasteiger partial charge in [-0.25, -0.2) is 4.98 Å². The summed E-state index contributed by atoms with van der Waals surface area (Å²) in [5.41, 5.74) is 7.43. The molecule has 9 aromatic carbocycles. The van der Waals surface area contributed by atoms with Gasteiger partial charge >= 0.3 is 0 Å². The van der Waals surface area contributed by atoms with Gasteiger partial charge in [-0.1, -0.05) is 176 Å². The first-order chi connectivity index (χ1) is 28.1. The van der Waals surface area contributed by atoms with E-state index in [4.69, 9.17) is 4.98 Å². The maximum Gasteiger partial charge on any atom is 0.171 e. The van der Waals surface area contributed by atoms with E-state index in [0.29, 0.717) is 0 Å². The number of hydrogen-bond acceptors (Lipinski definition) is 3. The van der Waals surface area contributed by atoms with Crippen LogP contribution in [0.25, 0.3) is 86.1 Å². The van der Waals surface area contributed by atoms with Crippen LogP contribution >= 0.6 is 18.5 Å². The number of thiophene rings is 1. The molecule has 0 aliphatic rings. The minimum atomic E-state index is -3.12. The Labute approximate surface area is 334 Å². The molecule has 0 aliphatic carbocycles. The average molecular weight is 764 g/mol. The molecule has 0 radical (unpaired) electrons. The topological polar surface area (TPSA) is 30.0 Å². The molecule has 0 unspecified atom stereocenters. The average Bonchev–Trinajstić information content (AvgIpc) is 3.69. The number of rotatable bonds is 6. The number of hydrogen-bond donors (Lipinski definition) is 0. The van der Waals surface area contributed by atoms with Crippen molar-refractivity contribution < 1.29 is 4.57 Å². The summed E-state index contributed by atoms with van der Waals surface area (Å²) < 4.78 is 17.7. The summed E-state index contributed by atoms with van der Waals surface area (Å²) in [4.78, 5) is 5.57. The van der Waals surface area contributed by atoms with E-state index >= 15 is 4.57 Å². The van der Waals surface area contributed by atoms with Crippen molar-refractivity contribution in [2.45, 2.75) is 0 Å². The number of aromatic nitrogens is 1. The van der Waals surface area contributed by atoms with Gasteiger partial charge in [-0.15, -0.1) is 11.3 Å². The fourth-order valence-electron chi connectivity index (χ4n) is 8.58. The molecule has 0 spiro atoms. The van der Waals surface area contributed by atoms with Crippen molar-refractivity contribution in [3.8, 4) is 33.5 Å². The maximum absolute atomic E-state index is 15.2. The summed E-state index contributed by atoms with van der Waals surface area (Å²) >= 11 is 1.83. The van der Waals surface area contributed by atoms with E-state index in [0.717, 1.165) is 60.3 Å². The van der Waals surface area contributed by atoms with Crippen LogP contribution in [0, 0.1) is 0 Å². The van der Waals surface area contributed by atoms with Gasteiger partial charge < -0.3 is 4.57 Å². The quantitative estimate of drug-likeness (QED) is 0.125. The highest BCUT2D eigenvalue weighted by Crippen LogP contribution is 2.46. The molecule has 0 fully saturated rings. The molecular weight excluding hydrogens is 730 g/mol. The highest BCUT2D eigenvalue weighted by atomic mass is 32.1. The van der Waals surface area contributed by atoms with Gasteiger partial charge in [-0.2, -0.15) is 0 Å². The fourth-order valence-corrected chi connectivity index (χ4v) is 12.5. The molecule has 11 aromatic rings. The first-order valence-corrected chi connectivity index (χ1v) is 21.7. The molecular formula is C53H34NOPS. The Hall–Kier alpha value is -6.64. The lowest BCUT2D eigenvalue weighted by atomic mass is 9.93. The molecule has 11 rings (SSSR count). The van der Waals surface area contributed by atoms with Crippen molar-refractivity contribution in [2.24, 2.45) is 0 Å². The van der Waals surface area contributed by atoms with Gasteiger partial charge in [-0.05, 0) is 74.1 Å². The Morgan fingerprint density at radius 1 is 0.404 bits per heavy atom. The van der Waals surface area contributed by atoms with Crippen LogP contribution < -0.4 is 15.9 Å². The van der Waals surface area contributed by atoms with Crippen molar-refractivity contribution in [1.82, 2.24) is 4.98 Å².